The summed E-state index contributed by atoms with van der Waals surface area (Å²) in [5, 5.41) is 0. The summed E-state index contributed by atoms with van der Waals surface area (Å²) in [5.41, 5.74) is 4.73. The molecule has 4 rings (SSSR count). The molecule has 1 aromatic heterocycles. The van der Waals surface area contributed by atoms with Crippen molar-refractivity contribution in [3.05, 3.63) is 71.9 Å². The predicted octanol–water partition coefficient (Wildman–Crippen LogP) is 5.10. The molecule has 3 aromatic rings. The van der Waals surface area contributed by atoms with E-state index in [2.05, 4.69) is 16.7 Å². The minimum Gasteiger partial charge on any atom is -0.494 e. The third-order valence-electron chi connectivity index (χ3n) is 5.66. The Bertz CT molecular complexity index is 1030. The number of aromatic nitrogens is 1. The molecule has 0 N–H and O–H groups in total. The molecule has 0 saturated carbocycles. The second-order valence-corrected chi connectivity index (χ2v) is 8.12. The monoisotopic (exact) mass is 418 g/mol. The zero-order valence-corrected chi connectivity index (χ0v) is 18.7. The number of hydrogen-bond acceptors (Lipinski definition) is 3. The van der Waals surface area contributed by atoms with Crippen molar-refractivity contribution in [2.45, 2.75) is 39.9 Å². The largest absolute Gasteiger partial charge is 0.494 e. The Morgan fingerprint density at radius 1 is 1.03 bits per heavy atom. The van der Waals surface area contributed by atoms with E-state index in [4.69, 9.17) is 9.47 Å². The van der Waals surface area contributed by atoms with E-state index in [-0.39, 0.29) is 18.1 Å². The second-order valence-electron chi connectivity index (χ2n) is 8.12. The third kappa shape index (κ3) is 4.37. The topological polar surface area (TPSA) is 43.7 Å². The van der Waals surface area contributed by atoms with Gasteiger partial charge in [-0.25, -0.2) is 0 Å². The second kappa shape index (κ2) is 8.98. The van der Waals surface area contributed by atoms with Crippen LogP contribution in [0.4, 0.5) is 0 Å². The van der Waals surface area contributed by atoms with E-state index in [1.165, 1.54) is 0 Å². The zero-order valence-electron chi connectivity index (χ0n) is 18.7. The van der Waals surface area contributed by atoms with Crippen LogP contribution in [0.15, 0.2) is 60.7 Å². The molecular formula is C26H30N2O3. The summed E-state index contributed by atoms with van der Waals surface area (Å²) >= 11 is 0. The molecule has 0 unspecified atom stereocenters. The first-order valence-electron chi connectivity index (χ1n) is 10.9. The van der Waals surface area contributed by atoms with E-state index in [1.54, 1.807) is 0 Å². The smallest absolute Gasteiger partial charge is 0.255 e. The highest BCUT2D eigenvalue weighted by molar-refractivity contribution is 5.97. The summed E-state index contributed by atoms with van der Waals surface area (Å²) in [6.07, 6.45) is 0.0737. The van der Waals surface area contributed by atoms with Gasteiger partial charge in [0.2, 0.25) is 0 Å². The number of amides is 1. The van der Waals surface area contributed by atoms with E-state index in [1.807, 2.05) is 81.1 Å². The van der Waals surface area contributed by atoms with Crippen LogP contribution in [0.3, 0.4) is 0 Å². The van der Waals surface area contributed by atoms with Gasteiger partial charge in [-0.15, -0.1) is 0 Å². The lowest BCUT2D eigenvalue weighted by Crippen LogP contribution is -2.48. The van der Waals surface area contributed by atoms with Crippen LogP contribution >= 0.6 is 0 Å². The van der Waals surface area contributed by atoms with Gasteiger partial charge in [0.15, 0.2) is 0 Å². The van der Waals surface area contributed by atoms with Crippen molar-refractivity contribution in [1.82, 2.24) is 9.47 Å². The molecule has 0 aliphatic carbocycles. The Morgan fingerprint density at radius 3 is 2.29 bits per heavy atom. The van der Waals surface area contributed by atoms with Crippen molar-refractivity contribution in [2.24, 2.45) is 0 Å². The van der Waals surface area contributed by atoms with Crippen LogP contribution in [-0.2, 0) is 4.74 Å². The van der Waals surface area contributed by atoms with Gasteiger partial charge in [-0.05, 0) is 63.6 Å². The number of morpholine rings is 1. The average molecular weight is 419 g/mol. The SMILES string of the molecule is CCOc1ccc(-n2c(-c3ccccc3)cc(C(=O)N3C[C@@H](C)O[C@@H](C)C3)c2C)cc1. The van der Waals surface area contributed by atoms with Crippen LogP contribution in [0, 0.1) is 6.92 Å². The highest BCUT2D eigenvalue weighted by Crippen LogP contribution is 2.31. The fraction of sp³-hybridized carbons (Fsp3) is 0.346. The molecule has 2 aromatic carbocycles. The molecule has 1 fully saturated rings. The summed E-state index contributed by atoms with van der Waals surface area (Å²) in [6.45, 7) is 9.88. The molecule has 1 amide bonds. The molecule has 5 heteroatoms. The highest BCUT2D eigenvalue weighted by atomic mass is 16.5. The summed E-state index contributed by atoms with van der Waals surface area (Å²) in [6, 6.07) is 20.2. The minimum absolute atomic E-state index is 0.0368. The number of nitrogens with zero attached hydrogens (tertiary/aromatic N) is 2. The van der Waals surface area contributed by atoms with E-state index < -0.39 is 0 Å². The van der Waals surface area contributed by atoms with Crippen LogP contribution in [0.1, 0.15) is 36.8 Å². The molecule has 0 bridgehead atoms. The molecular weight excluding hydrogens is 388 g/mol. The van der Waals surface area contributed by atoms with Gasteiger partial charge in [-0.2, -0.15) is 0 Å². The number of benzene rings is 2. The summed E-state index contributed by atoms with van der Waals surface area (Å²) in [7, 11) is 0. The lowest BCUT2D eigenvalue weighted by atomic mass is 10.1. The Balaban J connectivity index is 1.78. The van der Waals surface area contributed by atoms with Gasteiger partial charge in [-0.1, -0.05) is 30.3 Å². The van der Waals surface area contributed by atoms with Crippen molar-refractivity contribution in [3.63, 3.8) is 0 Å². The Hall–Kier alpha value is -3.05. The normalized spacial score (nSPS) is 18.8. The molecule has 5 nitrogen and oxygen atoms in total. The maximum atomic E-state index is 13.5. The molecule has 2 atom stereocenters. The van der Waals surface area contributed by atoms with Gasteiger partial charge in [0.25, 0.3) is 5.91 Å². The number of rotatable bonds is 5. The lowest BCUT2D eigenvalue weighted by molar-refractivity contribution is -0.0586. The number of hydrogen-bond donors (Lipinski definition) is 0. The quantitative estimate of drug-likeness (QED) is 0.579. The summed E-state index contributed by atoms with van der Waals surface area (Å²) in [5.74, 6) is 0.895. The van der Waals surface area contributed by atoms with Crippen molar-refractivity contribution >= 4 is 5.91 Å². The van der Waals surface area contributed by atoms with Crippen LogP contribution < -0.4 is 4.74 Å². The Labute approximate surface area is 184 Å². The van der Waals surface area contributed by atoms with Gasteiger partial charge in [0, 0.05) is 24.5 Å². The number of carbonyl (C=O) groups is 1. The van der Waals surface area contributed by atoms with Crippen molar-refractivity contribution in [1.29, 1.82) is 0 Å². The minimum atomic E-state index is 0.0368. The first kappa shape index (κ1) is 21.2. The van der Waals surface area contributed by atoms with Crippen LogP contribution in [0.2, 0.25) is 0 Å². The standard InChI is InChI=1S/C26H30N2O3/c1-5-30-23-13-11-22(12-14-23)28-20(4)24(15-25(28)21-9-7-6-8-10-21)26(29)27-16-18(2)31-19(3)17-27/h6-15,18-19H,5,16-17H2,1-4H3/t18-,19+. The molecule has 162 valence electrons. The van der Waals surface area contributed by atoms with Gasteiger partial charge in [-0.3, -0.25) is 4.79 Å². The molecule has 2 heterocycles. The van der Waals surface area contributed by atoms with Crippen LogP contribution in [0.5, 0.6) is 5.75 Å². The van der Waals surface area contributed by atoms with Gasteiger partial charge in [0.1, 0.15) is 5.75 Å². The first-order valence-corrected chi connectivity index (χ1v) is 10.9. The molecule has 1 aliphatic heterocycles. The molecule has 31 heavy (non-hydrogen) atoms. The zero-order chi connectivity index (χ0) is 22.0. The van der Waals surface area contributed by atoms with E-state index in [0.717, 1.165) is 34.0 Å². The van der Waals surface area contributed by atoms with Crippen LogP contribution in [0.25, 0.3) is 16.9 Å². The third-order valence-corrected chi connectivity index (χ3v) is 5.66. The van der Waals surface area contributed by atoms with Gasteiger partial charge in [0.05, 0.1) is 30.1 Å². The number of ether oxygens (including phenoxy) is 2. The molecule has 1 saturated heterocycles. The summed E-state index contributed by atoms with van der Waals surface area (Å²) in [4.78, 5) is 15.4. The summed E-state index contributed by atoms with van der Waals surface area (Å²) < 4.78 is 13.6. The maximum Gasteiger partial charge on any atom is 0.255 e. The van der Waals surface area contributed by atoms with E-state index in [0.29, 0.717) is 19.7 Å². The molecule has 1 aliphatic rings. The lowest BCUT2D eigenvalue weighted by Gasteiger charge is -2.35. The maximum absolute atomic E-state index is 13.5. The van der Waals surface area contributed by atoms with E-state index >= 15 is 0 Å². The Morgan fingerprint density at radius 2 is 1.68 bits per heavy atom. The van der Waals surface area contributed by atoms with Crippen molar-refractivity contribution in [3.8, 4) is 22.7 Å². The molecule has 0 radical (unpaired) electrons. The first-order chi connectivity index (χ1) is 15.0. The van der Waals surface area contributed by atoms with Crippen LogP contribution in [-0.4, -0.2) is 47.3 Å². The molecule has 0 spiro atoms. The Kier molecular flexibility index (Phi) is 6.14. The highest BCUT2D eigenvalue weighted by Gasteiger charge is 2.29. The van der Waals surface area contributed by atoms with Crippen molar-refractivity contribution < 1.29 is 14.3 Å². The van der Waals surface area contributed by atoms with Crippen molar-refractivity contribution in [2.75, 3.05) is 19.7 Å². The number of carbonyl (C=O) groups excluding carboxylic acids is 1. The van der Waals surface area contributed by atoms with E-state index in [9.17, 15) is 4.79 Å². The fourth-order valence-corrected chi connectivity index (χ4v) is 4.35. The van der Waals surface area contributed by atoms with Gasteiger partial charge >= 0.3 is 0 Å². The fourth-order valence-electron chi connectivity index (χ4n) is 4.35. The average Bonchev–Trinajstić information content (AvgIpc) is 3.11. The van der Waals surface area contributed by atoms with Gasteiger partial charge < -0.3 is 18.9 Å². The predicted molar refractivity (Wildman–Crippen MR) is 123 cm³/mol.